The van der Waals surface area contributed by atoms with Gasteiger partial charge in [-0.3, -0.25) is 4.79 Å². The van der Waals surface area contributed by atoms with E-state index in [1.165, 1.54) is 12.5 Å². The molecule has 108 valence electrons. The van der Waals surface area contributed by atoms with Crippen molar-refractivity contribution in [2.45, 2.75) is 6.42 Å². The molecule has 0 saturated heterocycles. The third-order valence-electron chi connectivity index (χ3n) is 2.71. The van der Waals surface area contributed by atoms with Crippen molar-refractivity contribution in [2.75, 3.05) is 6.61 Å². The van der Waals surface area contributed by atoms with Crippen LogP contribution < -0.4 is 5.43 Å². The van der Waals surface area contributed by atoms with Crippen molar-refractivity contribution in [2.24, 2.45) is 5.10 Å². The van der Waals surface area contributed by atoms with E-state index in [4.69, 9.17) is 9.52 Å². The monoisotopic (exact) mass is 284 g/mol. The fraction of sp³-hybridized carbons (Fsp3) is 0.125. The molecule has 0 saturated carbocycles. The van der Waals surface area contributed by atoms with Crippen LogP contribution in [-0.4, -0.2) is 23.8 Å². The molecule has 5 heteroatoms. The Morgan fingerprint density at radius 3 is 2.71 bits per heavy atom. The molecule has 2 rings (SSSR count). The van der Waals surface area contributed by atoms with Gasteiger partial charge in [0.15, 0.2) is 0 Å². The zero-order valence-corrected chi connectivity index (χ0v) is 11.4. The highest BCUT2D eigenvalue weighted by Crippen LogP contribution is 2.09. The van der Waals surface area contributed by atoms with Crippen LogP contribution in [0.3, 0.4) is 0 Å². The van der Waals surface area contributed by atoms with Gasteiger partial charge in [0.25, 0.3) is 5.91 Å². The Labute approximate surface area is 122 Å². The van der Waals surface area contributed by atoms with Crippen LogP contribution in [0.25, 0.3) is 6.08 Å². The molecule has 0 unspecified atom stereocenters. The van der Waals surface area contributed by atoms with Crippen LogP contribution in [0.15, 0.2) is 63.8 Å². The van der Waals surface area contributed by atoms with Crippen molar-refractivity contribution < 1.29 is 14.3 Å². The number of hydrogen-bond acceptors (Lipinski definition) is 4. The maximum atomic E-state index is 12.0. The first-order chi connectivity index (χ1) is 10.3. The van der Waals surface area contributed by atoms with E-state index in [0.29, 0.717) is 11.3 Å². The van der Waals surface area contributed by atoms with Crippen molar-refractivity contribution >= 4 is 18.2 Å². The van der Waals surface area contributed by atoms with Crippen LogP contribution in [0.1, 0.15) is 17.7 Å². The lowest BCUT2D eigenvalue weighted by Gasteiger charge is -2.04. The second-order valence-corrected chi connectivity index (χ2v) is 4.27. The molecule has 1 heterocycles. The predicted molar refractivity (Wildman–Crippen MR) is 80.6 cm³/mol. The van der Waals surface area contributed by atoms with Gasteiger partial charge in [0.1, 0.15) is 5.76 Å². The summed E-state index contributed by atoms with van der Waals surface area (Å²) in [5, 5.41) is 12.9. The van der Waals surface area contributed by atoms with Gasteiger partial charge in [-0.05, 0) is 23.8 Å². The number of nitrogens with one attached hydrogen (secondary N) is 1. The van der Waals surface area contributed by atoms with Crippen LogP contribution in [0, 0.1) is 0 Å². The van der Waals surface area contributed by atoms with Crippen molar-refractivity contribution in [3.63, 3.8) is 0 Å². The Balaban J connectivity index is 2.04. The van der Waals surface area contributed by atoms with E-state index < -0.39 is 0 Å². The third-order valence-corrected chi connectivity index (χ3v) is 2.71. The quantitative estimate of drug-likeness (QED) is 0.485. The summed E-state index contributed by atoms with van der Waals surface area (Å²) in [4.78, 5) is 12.0. The first-order valence-electron chi connectivity index (χ1n) is 6.53. The molecule has 0 aliphatic rings. The number of hydrogen-bond donors (Lipinski definition) is 2. The Morgan fingerprint density at radius 2 is 2.05 bits per heavy atom. The minimum atomic E-state index is -0.351. The molecule has 2 aromatic rings. The van der Waals surface area contributed by atoms with Crippen LogP contribution in [0.2, 0.25) is 0 Å². The highest BCUT2D eigenvalue weighted by atomic mass is 16.3. The molecule has 2 N–H and O–H groups in total. The van der Waals surface area contributed by atoms with E-state index in [2.05, 4.69) is 10.5 Å². The Bertz CT molecular complexity index is 616. The molecule has 1 amide bonds. The van der Waals surface area contributed by atoms with Crippen LogP contribution >= 0.6 is 0 Å². The number of carbonyl (C=O) groups excluding carboxylic acids is 1. The summed E-state index contributed by atoms with van der Waals surface area (Å²) in [6, 6.07) is 12.9. The molecule has 0 bridgehead atoms. The summed E-state index contributed by atoms with van der Waals surface area (Å²) in [7, 11) is 0. The van der Waals surface area contributed by atoms with E-state index in [9.17, 15) is 4.79 Å². The molecular formula is C16H16N2O3. The smallest absolute Gasteiger partial charge is 0.267 e. The fourth-order valence-corrected chi connectivity index (χ4v) is 1.71. The second-order valence-electron chi connectivity index (χ2n) is 4.27. The maximum Gasteiger partial charge on any atom is 0.267 e. The van der Waals surface area contributed by atoms with Gasteiger partial charge < -0.3 is 9.52 Å². The SMILES string of the molecule is O=C(N/N=C\c1ccco1)/C(=C/c1ccccc1)CCO. The number of carbonyl (C=O) groups is 1. The molecule has 0 fully saturated rings. The normalized spacial score (nSPS) is 11.8. The molecule has 0 aliphatic carbocycles. The summed E-state index contributed by atoms with van der Waals surface area (Å²) < 4.78 is 5.06. The minimum Gasteiger partial charge on any atom is -0.463 e. The number of nitrogens with zero attached hydrogens (tertiary/aromatic N) is 1. The van der Waals surface area contributed by atoms with Gasteiger partial charge >= 0.3 is 0 Å². The summed E-state index contributed by atoms with van der Waals surface area (Å²) in [5.41, 5.74) is 3.77. The first-order valence-corrected chi connectivity index (χ1v) is 6.53. The third kappa shape index (κ3) is 4.74. The molecule has 1 aromatic carbocycles. The molecular weight excluding hydrogens is 268 g/mol. The van der Waals surface area contributed by atoms with Crippen molar-refractivity contribution in [3.8, 4) is 0 Å². The van der Waals surface area contributed by atoms with Crippen molar-refractivity contribution in [1.82, 2.24) is 5.43 Å². The lowest BCUT2D eigenvalue weighted by atomic mass is 10.1. The van der Waals surface area contributed by atoms with Crippen LogP contribution in [0.4, 0.5) is 0 Å². The lowest BCUT2D eigenvalue weighted by molar-refractivity contribution is -0.117. The summed E-state index contributed by atoms with van der Waals surface area (Å²) in [6.07, 6.45) is 4.93. The Morgan fingerprint density at radius 1 is 1.24 bits per heavy atom. The van der Waals surface area contributed by atoms with Crippen LogP contribution in [0.5, 0.6) is 0 Å². The molecule has 0 aliphatic heterocycles. The number of rotatable bonds is 6. The summed E-state index contributed by atoms with van der Waals surface area (Å²) >= 11 is 0. The zero-order chi connectivity index (χ0) is 14.9. The Hall–Kier alpha value is -2.66. The number of hydrazone groups is 1. The first kappa shape index (κ1) is 14.7. The van der Waals surface area contributed by atoms with Gasteiger partial charge in [-0.1, -0.05) is 30.3 Å². The molecule has 0 atom stereocenters. The summed E-state index contributed by atoms with van der Waals surface area (Å²) in [5.74, 6) is 0.196. The van der Waals surface area contributed by atoms with E-state index in [0.717, 1.165) is 5.56 Å². The van der Waals surface area contributed by atoms with Gasteiger partial charge in [0, 0.05) is 18.6 Å². The van der Waals surface area contributed by atoms with Gasteiger partial charge in [-0.2, -0.15) is 5.10 Å². The van der Waals surface area contributed by atoms with Gasteiger partial charge in [-0.25, -0.2) is 5.43 Å². The number of aliphatic hydroxyl groups is 1. The fourth-order valence-electron chi connectivity index (χ4n) is 1.71. The van der Waals surface area contributed by atoms with E-state index in [1.807, 2.05) is 30.3 Å². The van der Waals surface area contributed by atoms with E-state index in [1.54, 1.807) is 18.2 Å². The van der Waals surface area contributed by atoms with E-state index in [-0.39, 0.29) is 18.9 Å². The molecule has 0 radical (unpaired) electrons. The molecule has 21 heavy (non-hydrogen) atoms. The number of furan rings is 1. The van der Waals surface area contributed by atoms with Gasteiger partial charge in [-0.15, -0.1) is 0 Å². The average Bonchev–Trinajstić information content (AvgIpc) is 3.01. The standard InChI is InChI=1S/C16H16N2O3/c19-9-8-14(11-13-5-2-1-3-6-13)16(20)18-17-12-15-7-4-10-21-15/h1-7,10-12,19H,8-9H2,(H,18,20)/b14-11+,17-12-. The number of amides is 1. The van der Waals surface area contributed by atoms with Gasteiger partial charge in [0.05, 0.1) is 12.5 Å². The maximum absolute atomic E-state index is 12.0. The molecule has 5 nitrogen and oxygen atoms in total. The van der Waals surface area contributed by atoms with E-state index >= 15 is 0 Å². The van der Waals surface area contributed by atoms with Crippen LogP contribution in [-0.2, 0) is 4.79 Å². The number of aliphatic hydroxyl groups excluding tert-OH is 1. The van der Waals surface area contributed by atoms with Crippen molar-refractivity contribution in [1.29, 1.82) is 0 Å². The van der Waals surface area contributed by atoms with Gasteiger partial charge in [0.2, 0.25) is 0 Å². The second kappa shape index (κ2) is 7.81. The highest BCUT2D eigenvalue weighted by Gasteiger charge is 2.08. The predicted octanol–water partition coefficient (Wildman–Crippen LogP) is 2.20. The minimum absolute atomic E-state index is 0.103. The topological polar surface area (TPSA) is 74.8 Å². The largest absolute Gasteiger partial charge is 0.463 e. The zero-order valence-electron chi connectivity index (χ0n) is 11.4. The Kier molecular flexibility index (Phi) is 5.49. The lowest BCUT2D eigenvalue weighted by Crippen LogP contribution is -2.20. The number of benzene rings is 1. The summed E-state index contributed by atoms with van der Waals surface area (Å²) in [6.45, 7) is -0.103. The highest BCUT2D eigenvalue weighted by molar-refractivity contribution is 5.98. The molecule has 0 spiro atoms. The molecule has 1 aromatic heterocycles. The average molecular weight is 284 g/mol. The van der Waals surface area contributed by atoms with Crippen molar-refractivity contribution in [3.05, 3.63) is 65.6 Å².